The Morgan fingerprint density at radius 3 is 2.42 bits per heavy atom. The molecule has 4 aliphatic rings. The molecule has 1 aromatic heterocycles. The Bertz CT molecular complexity index is 2150. The summed E-state index contributed by atoms with van der Waals surface area (Å²) in [6.45, 7) is 3.43. The standard InChI is InChI=1S/C40H51F4N5O10S/c1-22-9-7-8-10-24-18-39(24,35(52)48-60(54,55)38(21-41)13-14-38)47-32(50)29-17-26(58-33-27-12-11-25(56-5)16-28(27)30(57-6)19-45-33)20-49(29)34(51)31(23(2)15-22)46-36(53)59-37(3,4)40(42,43)44/h8,10-12,16,19,22-24,26,29,31H,7,9,13-15,17-18,20-21H2,1-6H3,(H,46,53)(H,47,50)(H,48,52)/b10-8-/t22-,23-,24-,26-,29+,31+,39-/m1/s1. The number of methoxy groups -OCH3 is 2. The zero-order valence-electron chi connectivity index (χ0n) is 34.2. The van der Waals surface area contributed by atoms with E-state index in [1.165, 1.54) is 20.4 Å². The summed E-state index contributed by atoms with van der Waals surface area (Å²) >= 11 is 0. The minimum Gasteiger partial charge on any atom is -0.497 e. The molecule has 7 atom stereocenters. The first-order chi connectivity index (χ1) is 28.1. The van der Waals surface area contributed by atoms with Crippen molar-refractivity contribution in [3.05, 3.63) is 36.5 Å². The van der Waals surface area contributed by atoms with Gasteiger partial charge in [-0.3, -0.25) is 19.1 Å². The summed E-state index contributed by atoms with van der Waals surface area (Å²) in [5.41, 5.74) is -4.69. The van der Waals surface area contributed by atoms with Crippen LogP contribution in [0.15, 0.2) is 36.5 Å². The number of amides is 4. The summed E-state index contributed by atoms with van der Waals surface area (Å²) < 4.78 is 104. The van der Waals surface area contributed by atoms with Crippen molar-refractivity contribution in [1.82, 2.24) is 25.2 Å². The van der Waals surface area contributed by atoms with Gasteiger partial charge >= 0.3 is 12.3 Å². The van der Waals surface area contributed by atoms with Gasteiger partial charge < -0.3 is 34.5 Å². The third kappa shape index (κ3) is 8.79. The SMILES string of the molecule is COc1ccc2c(O[C@@H]3C[C@H]4C(=O)N[C@]5(C(=O)NS(=O)(=O)C6(CF)CC6)C[C@H]5/C=C\CC[C@@H](C)C[C@@H](C)[C@H](NC(=O)OC(C)(C)C(F)(F)F)C(=O)N4C3)ncc(OC)c2c1. The van der Waals surface area contributed by atoms with Gasteiger partial charge in [-0.2, -0.15) is 13.2 Å². The molecular weight excluding hydrogens is 819 g/mol. The second kappa shape index (κ2) is 16.5. The van der Waals surface area contributed by atoms with Crippen molar-refractivity contribution in [2.45, 2.75) is 113 Å². The van der Waals surface area contributed by atoms with Gasteiger partial charge in [-0.05, 0) is 82.4 Å². The zero-order chi connectivity index (χ0) is 44.0. The van der Waals surface area contributed by atoms with Crippen molar-refractivity contribution in [3.8, 4) is 17.4 Å². The van der Waals surface area contributed by atoms with Gasteiger partial charge in [0.2, 0.25) is 33.3 Å². The molecule has 3 N–H and O–H groups in total. The van der Waals surface area contributed by atoms with Gasteiger partial charge in [0.15, 0.2) is 0 Å². The van der Waals surface area contributed by atoms with Crippen LogP contribution in [-0.4, -0.2) is 110 Å². The fourth-order valence-corrected chi connectivity index (χ4v) is 9.33. The van der Waals surface area contributed by atoms with Crippen molar-refractivity contribution in [1.29, 1.82) is 0 Å². The van der Waals surface area contributed by atoms with Crippen molar-refractivity contribution >= 4 is 44.6 Å². The lowest BCUT2D eigenvalue weighted by Crippen LogP contribution is -2.60. The van der Waals surface area contributed by atoms with Crippen LogP contribution < -0.4 is 29.6 Å². The van der Waals surface area contributed by atoms with Crippen LogP contribution in [0.5, 0.6) is 17.4 Å². The van der Waals surface area contributed by atoms with Crippen LogP contribution in [0.25, 0.3) is 10.8 Å². The minimum atomic E-state index is -4.94. The molecule has 2 aliphatic heterocycles. The predicted molar refractivity (Wildman–Crippen MR) is 208 cm³/mol. The number of alkyl carbamates (subject to hydrolysis) is 1. The number of nitrogens with one attached hydrogen (secondary N) is 3. The number of hydrogen-bond acceptors (Lipinski definition) is 11. The number of rotatable bonds is 10. The summed E-state index contributed by atoms with van der Waals surface area (Å²) in [6, 6.07) is 2.18. The highest BCUT2D eigenvalue weighted by Gasteiger charge is 2.64. The summed E-state index contributed by atoms with van der Waals surface area (Å²) in [7, 11) is -1.52. The van der Waals surface area contributed by atoms with Crippen molar-refractivity contribution < 1.29 is 64.1 Å². The molecule has 3 heterocycles. The molecule has 2 aromatic rings. The Hall–Kier alpha value is -4.88. The molecule has 20 heteroatoms. The number of carbonyl (C=O) groups excluding carboxylic acids is 4. The number of nitrogens with zero attached hydrogens (tertiary/aromatic N) is 2. The second-order valence-corrected chi connectivity index (χ2v) is 19.0. The van der Waals surface area contributed by atoms with Crippen LogP contribution in [0.3, 0.4) is 0 Å². The number of sulfonamides is 1. The van der Waals surface area contributed by atoms with Crippen molar-refractivity contribution in [3.63, 3.8) is 0 Å². The highest BCUT2D eigenvalue weighted by atomic mass is 32.2. The lowest BCUT2D eigenvalue weighted by molar-refractivity contribution is -0.244. The number of allylic oxidation sites excluding steroid dienone is 1. The second-order valence-electron chi connectivity index (χ2n) is 16.9. The van der Waals surface area contributed by atoms with Crippen molar-refractivity contribution in [2.24, 2.45) is 17.8 Å². The van der Waals surface area contributed by atoms with E-state index in [0.29, 0.717) is 55.4 Å². The molecule has 2 aliphatic carbocycles. The molecule has 4 amide bonds. The molecule has 330 valence electrons. The lowest BCUT2D eigenvalue weighted by Gasteiger charge is -2.34. The normalized spacial score (nSPS) is 28.8. The lowest BCUT2D eigenvalue weighted by atomic mass is 9.88. The van der Waals surface area contributed by atoms with E-state index < -0.39 is 92.6 Å². The molecule has 0 bridgehead atoms. The first-order valence-corrected chi connectivity index (χ1v) is 21.2. The van der Waals surface area contributed by atoms with Crippen LogP contribution in [-0.2, 0) is 29.1 Å². The molecule has 0 unspecified atom stereocenters. The Morgan fingerprint density at radius 1 is 1.07 bits per heavy atom. The van der Waals surface area contributed by atoms with Crippen LogP contribution in [0.4, 0.5) is 22.4 Å². The Balaban J connectivity index is 1.37. The van der Waals surface area contributed by atoms with Crippen LogP contribution >= 0.6 is 0 Å². The molecular formula is C40H51F4N5O10S. The van der Waals surface area contributed by atoms with Gasteiger partial charge in [-0.15, -0.1) is 0 Å². The molecule has 3 fully saturated rings. The van der Waals surface area contributed by atoms with Gasteiger partial charge in [0.1, 0.15) is 46.6 Å². The fraction of sp³-hybridized carbons (Fsp3) is 0.625. The monoisotopic (exact) mass is 869 g/mol. The predicted octanol–water partition coefficient (Wildman–Crippen LogP) is 4.87. The number of fused-ring (bicyclic) bond motifs is 3. The van der Waals surface area contributed by atoms with Crippen LogP contribution in [0.1, 0.15) is 72.6 Å². The topological polar surface area (TPSA) is 192 Å². The third-order valence-corrected chi connectivity index (χ3v) is 14.2. The molecule has 60 heavy (non-hydrogen) atoms. The number of pyridine rings is 1. The van der Waals surface area contributed by atoms with E-state index in [1.807, 2.05) is 11.6 Å². The molecule has 1 saturated heterocycles. The quantitative estimate of drug-likeness (QED) is 0.218. The largest absolute Gasteiger partial charge is 0.497 e. The first kappa shape index (κ1) is 44.7. The van der Waals surface area contributed by atoms with E-state index in [1.54, 1.807) is 37.3 Å². The maximum atomic E-state index is 14.8. The number of aromatic nitrogens is 1. The van der Waals surface area contributed by atoms with Gasteiger partial charge in [0.25, 0.3) is 5.91 Å². The smallest absolute Gasteiger partial charge is 0.427 e. The van der Waals surface area contributed by atoms with Gasteiger partial charge in [-0.1, -0.05) is 26.0 Å². The molecule has 0 spiro atoms. The van der Waals surface area contributed by atoms with E-state index in [9.17, 15) is 45.2 Å². The molecule has 1 aromatic carbocycles. The number of benzene rings is 1. The van der Waals surface area contributed by atoms with Crippen molar-refractivity contribution in [2.75, 3.05) is 27.4 Å². The van der Waals surface area contributed by atoms with Gasteiger partial charge in [0, 0.05) is 23.1 Å². The van der Waals surface area contributed by atoms with Crippen LogP contribution in [0, 0.1) is 17.8 Å². The molecule has 2 saturated carbocycles. The maximum Gasteiger partial charge on any atom is 0.427 e. The van der Waals surface area contributed by atoms with E-state index in [0.717, 1.165) is 4.90 Å². The molecule has 6 rings (SSSR count). The molecule has 0 radical (unpaired) electrons. The summed E-state index contributed by atoms with van der Waals surface area (Å²) in [5, 5.41) is 6.14. The number of ether oxygens (including phenoxy) is 4. The average molecular weight is 870 g/mol. The minimum absolute atomic E-state index is 0.00261. The zero-order valence-corrected chi connectivity index (χ0v) is 35.0. The number of halogens is 4. The summed E-state index contributed by atoms with van der Waals surface area (Å²) in [4.78, 5) is 61.9. The summed E-state index contributed by atoms with van der Waals surface area (Å²) in [6.07, 6.45) is -1.21. The number of hydrogen-bond donors (Lipinski definition) is 3. The Kier molecular flexibility index (Phi) is 12.3. The van der Waals surface area contributed by atoms with Crippen LogP contribution in [0.2, 0.25) is 0 Å². The number of carbonyl (C=O) groups is 4. The van der Waals surface area contributed by atoms with E-state index in [2.05, 4.69) is 15.6 Å². The maximum absolute atomic E-state index is 14.8. The Labute approximate surface area is 345 Å². The number of alkyl halides is 4. The van der Waals surface area contributed by atoms with Gasteiger partial charge in [-0.25, -0.2) is 22.6 Å². The molecule has 15 nitrogen and oxygen atoms in total. The average Bonchev–Trinajstić information content (AvgIpc) is 4.09. The van der Waals surface area contributed by atoms with E-state index in [4.69, 9.17) is 18.9 Å². The van der Waals surface area contributed by atoms with Gasteiger partial charge in [0.05, 0.1) is 27.0 Å². The first-order valence-electron chi connectivity index (χ1n) is 19.8. The third-order valence-electron chi connectivity index (χ3n) is 12.1. The van der Waals surface area contributed by atoms with E-state index >= 15 is 0 Å². The fourth-order valence-electron chi connectivity index (χ4n) is 7.91. The van der Waals surface area contributed by atoms with E-state index in [-0.39, 0.29) is 44.0 Å². The highest BCUT2D eigenvalue weighted by Crippen LogP contribution is 2.48. The highest BCUT2D eigenvalue weighted by molar-refractivity contribution is 7.91. The Morgan fingerprint density at radius 2 is 1.78 bits per heavy atom. The summed E-state index contributed by atoms with van der Waals surface area (Å²) in [5.74, 6) is -3.14.